The van der Waals surface area contributed by atoms with Crippen LogP contribution in [0.1, 0.15) is 31.2 Å². The van der Waals surface area contributed by atoms with Gasteiger partial charge in [-0.3, -0.25) is 9.36 Å². The van der Waals surface area contributed by atoms with E-state index in [0.717, 1.165) is 49.4 Å². The van der Waals surface area contributed by atoms with Crippen LogP contribution in [0.25, 0.3) is 5.95 Å². The topological polar surface area (TPSA) is 85.2 Å². The minimum absolute atomic E-state index is 0.0729. The van der Waals surface area contributed by atoms with Crippen molar-refractivity contribution in [1.82, 2.24) is 24.8 Å². The zero-order chi connectivity index (χ0) is 21.5. The number of aromatic nitrogens is 4. The number of benzene rings is 1. The highest BCUT2D eigenvalue weighted by molar-refractivity contribution is 5.77. The van der Waals surface area contributed by atoms with Crippen LogP contribution in [-0.2, 0) is 11.2 Å². The van der Waals surface area contributed by atoms with Gasteiger partial charge in [0.25, 0.3) is 0 Å². The summed E-state index contributed by atoms with van der Waals surface area (Å²) in [4.78, 5) is 28.0. The summed E-state index contributed by atoms with van der Waals surface area (Å²) < 4.78 is 7.05. The number of carbonyl (C=O) groups excluding carboxylic acids is 1. The molecule has 1 saturated heterocycles. The number of methoxy groups -OCH3 is 1. The number of imidazole rings is 1. The first kappa shape index (κ1) is 20.8. The molecule has 0 aliphatic carbocycles. The molecule has 8 heteroatoms. The normalized spacial score (nSPS) is 16.2. The van der Waals surface area contributed by atoms with E-state index in [4.69, 9.17) is 9.72 Å². The SMILES string of the molecule is COc1cccc(CCNC(=O)CC2CCCCN2c2ccnc(-n3ccnc3)n2)c1. The number of carbonyl (C=O) groups is 1. The Hall–Kier alpha value is -3.42. The third-order valence-electron chi connectivity index (χ3n) is 5.58. The van der Waals surface area contributed by atoms with Gasteiger partial charge in [0.05, 0.1) is 7.11 Å². The van der Waals surface area contributed by atoms with E-state index >= 15 is 0 Å². The van der Waals surface area contributed by atoms with Crippen LogP contribution < -0.4 is 15.0 Å². The molecule has 1 fully saturated rings. The van der Waals surface area contributed by atoms with E-state index in [1.807, 2.05) is 36.5 Å². The van der Waals surface area contributed by atoms with Crippen LogP contribution in [0.3, 0.4) is 0 Å². The summed E-state index contributed by atoms with van der Waals surface area (Å²) in [6.45, 7) is 1.50. The first-order valence-corrected chi connectivity index (χ1v) is 10.7. The number of amides is 1. The highest BCUT2D eigenvalue weighted by Gasteiger charge is 2.26. The molecule has 1 amide bonds. The Morgan fingerprint density at radius 1 is 1.26 bits per heavy atom. The average Bonchev–Trinajstić information content (AvgIpc) is 3.35. The lowest BCUT2D eigenvalue weighted by Crippen LogP contribution is -2.43. The summed E-state index contributed by atoms with van der Waals surface area (Å²) in [6.07, 6.45) is 11.4. The maximum Gasteiger partial charge on any atom is 0.236 e. The molecule has 1 atom stereocenters. The maximum atomic E-state index is 12.6. The molecule has 1 aliphatic heterocycles. The molecule has 31 heavy (non-hydrogen) atoms. The van der Waals surface area contributed by atoms with E-state index in [9.17, 15) is 4.79 Å². The minimum Gasteiger partial charge on any atom is -0.497 e. The van der Waals surface area contributed by atoms with Gasteiger partial charge >= 0.3 is 0 Å². The van der Waals surface area contributed by atoms with Crippen LogP contribution in [0, 0.1) is 0 Å². The number of nitrogens with zero attached hydrogens (tertiary/aromatic N) is 5. The Kier molecular flexibility index (Phi) is 6.76. The third kappa shape index (κ3) is 5.39. The van der Waals surface area contributed by atoms with Crippen LogP contribution >= 0.6 is 0 Å². The molecule has 8 nitrogen and oxygen atoms in total. The molecule has 0 spiro atoms. The molecule has 0 saturated carbocycles. The Bertz CT molecular complexity index is 991. The number of rotatable bonds is 8. The van der Waals surface area contributed by atoms with Gasteiger partial charge in [-0.2, -0.15) is 4.98 Å². The fraction of sp³-hybridized carbons (Fsp3) is 0.391. The molecule has 1 N–H and O–H groups in total. The Morgan fingerprint density at radius 3 is 3.03 bits per heavy atom. The van der Waals surface area contributed by atoms with Crippen molar-refractivity contribution in [3.63, 3.8) is 0 Å². The average molecular weight is 421 g/mol. The fourth-order valence-corrected chi connectivity index (χ4v) is 3.98. The van der Waals surface area contributed by atoms with E-state index in [2.05, 4.69) is 20.2 Å². The number of nitrogens with one attached hydrogen (secondary N) is 1. The molecule has 1 unspecified atom stereocenters. The summed E-state index contributed by atoms with van der Waals surface area (Å²) in [7, 11) is 1.66. The molecule has 1 aromatic carbocycles. The van der Waals surface area contributed by atoms with Crippen molar-refractivity contribution in [3.05, 3.63) is 60.8 Å². The van der Waals surface area contributed by atoms with Gasteiger partial charge in [0.1, 0.15) is 17.9 Å². The smallest absolute Gasteiger partial charge is 0.236 e. The zero-order valence-corrected chi connectivity index (χ0v) is 17.8. The number of hydrogen-bond donors (Lipinski definition) is 1. The predicted molar refractivity (Wildman–Crippen MR) is 118 cm³/mol. The standard InChI is InChI=1S/C23H28N6O2/c1-31-20-7-4-5-18(15-20)8-10-25-22(30)16-19-6-2-3-13-29(19)21-9-11-26-23(27-21)28-14-12-24-17-28/h4-5,7,9,11-12,14-15,17,19H,2-3,6,8,10,13,16H2,1H3,(H,25,30). The minimum atomic E-state index is 0.0729. The van der Waals surface area contributed by atoms with Crippen LogP contribution in [0.15, 0.2) is 55.2 Å². The summed E-state index contributed by atoms with van der Waals surface area (Å²) in [5, 5.41) is 3.07. The quantitative estimate of drug-likeness (QED) is 0.603. The van der Waals surface area contributed by atoms with Gasteiger partial charge in [0, 0.05) is 44.1 Å². The van der Waals surface area contributed by atoms with Gasteiger partial charge in [-0.25, -0.2) is 9.97 Å². The van der Waals surface area contributed by atoms with E-state index in [-0.39, 0.29) is 11.9 Å². The zero-order valence-electron chi connectivity index (χ0n) is 17.8. The van der Waals surface area contributed by atoms with Gasteiger partial charge in [0.2, 0.25) is 11.9 Å². The molecular formula is C23H28N6O2. The fourth-order valence-electron chi connectivity index (χ4n) is 3.98. The second kappa shape index (κ2) is 10.1. The van der Waals surface area contributed by atoms with Crippen LogP contribution in [0.5, 0.6) is 5.75 Å². The summed E-state index contributed by atoms with van der Waals surface area (Å²) in [5.74, 6) is 2.35. The monoisotopic (exact) mass is 420 g/mol. The van der Waals surface area contributed by atoms with Crippen molar-refractivity contribution in [2.75, 3.05) is 25.1 Å². The van der Waals surface area contributed by atoms with Crippen molar-refractivity contribution < 1.29 is 9.53 Å². The predicted octanol–water partition coefficient (Wildman–Crippen LogP) is 2.78. The van der Waals surface area contributed by atoms with E-state index in [0.29, 0.717) is 18.9 Å². The third-order valence-corrected chi connectivity index (χ3v) is 5.58. The molecule has 0 bridgehead atoms. The summed E-state index contributed by atoms with van der Waals surface area (Å²) in [6, 6.07) is 9.99. The lowest BCUT2D eigenvalue weighted by molar-refractivity contribution is -0.121. The summed E-state index contributed by atoms with van der Waals surface area (Å²) >= 11 is 0. The molecule has 3 aromatic rings. The number of anilines is 1. The highest BCUT2D eigenvalue weighted by atomic mass is 16.5. The van der Waals surface area contributed by atoms with Crippen LogP contribution in [0.4, 0.5) is 5.82 Å². The second-order valence-corrected chi connectivity index (χ2v) is 7.68. The van der Waals surface area contributed by atoms with Crippen molar-refractivity contribution in [2.24, 2.45) is 0 Å². The number of piperidine rings is 1. The molecule has 2 aromatic heterocycles. The second-order valence-electron chi connectivity index (χ2n) is 7.68. The maximum absolute atomic E-state index is 12.6. The lowest BCUT2D eigenvalue weighted by Gasteiger charge is -2.36. The van der Waals surface area contributed by atoms with Gasteiger partial charge in [0.15, 0.2) is 0 Å². The van der Waals surface area contributed by atoms with E-state index in [1.165, 1.54) is 0 Å². The molecule has 1 aliphatic rings. The molecular weight excluding hydrogens is 392 g/mol. The van der Waals surface area contributed by atoms with Crippen LogP contribution in [0.2, 0.25) is 0 Å². The van der Waals surface area contributed by atoms with Crippen molar-refractivity contribution in [2.45, 2.75) is 38.1 Å². The first-order chi connectivity index (χ1) is 15.2. The Morgan fingerprint density at radius 2 is 2.19 bits per heavy atom. The van der Waals surface area contributed by atoms with Crippen molar-refractivity contribution in [1.29, 1.82) is 0 Å². The summed E-state index contributed by atoms with van der Waals surface area (Å²) in [5.41, 5.74) is 1.15. The molecule has 3 heterocycles. The highest BCUT2D eigenvalue weighted by Crippen LogP contribution is 2.25. The Labute approximate surface area is 182 Å². The van der Waals surface area contributed by atoms with E-state index < -0.39 is 0 Å². The van der Waals surface area contributed by atoms with Crippen molar-refractivity contribution >= 4 is 11.7 Å². The largest absolute Gasteiger partial charge is 0.497 e. The van der Waals surface area contributed by atoms with Gasteiger partial charge in [-0.15, -0.1) is 0 Å². The van der Waals surface area contributed by atoms with Crippen LogP contribution in [-0.4, -0.2) is 51.7 Å². The molecule has 162 valence electrons. The van der Waals surface area contributed by atoms with Crippen molar-refractivity contribution in [3.8, 4) is 11.7 Å². The first-order valence-electron chi connectivity index (χ1n) is 10.7. The number of hydrogen-bond acceptors (Lipinski definition) is 6. The number of ether oxygens (including phenoxy) is 1. The molecule has 4 rings (SSSR count). The lowest BCUT2D eigenvalue weighted by atomic mass is 9.99. The van der Waals surface area contributed by atoms with Gasteiger partial charge in [-0.05, 0) is 49.4 Å². The Balaban J connectivity index is 1.35. The van der Waals surface area contributed by atoms with E-state index in [1.54, 1.807) is 30.4 Å². The van der Waals surface area contributed by atoms with Gasteiger partial charge in [-0.1, -0.05) is 12.1 Å². The van der Waals surface area contributed by atoms with Gasteiger partial charge < -0.3 is 15.0 Å². The molecule has 0 radical (unpaired) electrons.